The molecule has 1 saturated heterocycles. The Morgan fingerprint density at radius 2 is 1.54 bits per heavy atom. The second kappa shape index (κ2) is 11.0. The molecule has 0 unspecified atom stereocenters. The number of amides is 4. The number of urea groups is 1. The number of carbonyl (C=O) groups excluding carboxylic acids is 3. The first-order valence-electron chi connectivity index (χ1n) is 12.3. The van der Waals surface area contributed by atoms with Crippen LogP contribution in [0.25, 0.3) is 0 Å². The van der Waals surface area contributed by atoms with Crippen molar-refractivity contribution in [2.24, 2.45) is 5.41 Å². The number of morpholine rings is 1. The number of hydrogen-bond donors (Lipinski definition) is 3. The van der Waals surface area contributed by atoms with Crippen LogP contribution in [0.15, 0.2) is 60.8 Å². The molecule has 2 fully saturated rings. The van der Waals surface area contributed by atoms with Crippen LogP contribution in [0.2, 0.25) is 0 Å². The van der Waals surface area contributed by atoms with Gasteiger partial charge >= 0.3 is 6.03 Å². The number of rotatable bonds is 7. The predicted octanol–water partition coefficient (Wildman–Crippen LogP) is 4.37. The summed E-state index contributed by atoms with van der Waals surface area (Å²) in [6.45, 7) is 1.86. The molecule has 2 heterocycles. The monoisotopic (exact) mass is 537 g/mol. The van der Waals surface area contributed by atoms with Crippen molar-refractivity contribution in [3.63, 3.8) is 0 Å². The summed E-state index contributed by atoms with van der Waals surface area (Å²) < 4.78 is 38.8. The van der Waals surface area contributed by atoms with Crippen molar-refractivity contribution in [2.45, 2.75) is 12.8 Å². The van der Waals surface area contributed by atoms with E-state index in [0.29, 0.717) is 44.8 Å². The number of pyridine rings is 1. The average Bonchev–Trinajstić information content (AvgIpc) is 3.75. The van der Waals surface area contributed by atoms with Gasteiger partial charge in [-0.1, -0.05) is 0 Å². The molecule has 3 N–H and O–H groups in total. The summed E-state index contributed by atoms with van der Waals surface area (Å²) in [5, 5.41) is 7.89. The van der Waals surface area contributed by atoms with Crippen molar-refractivity contribution < 1.29 is 32.6 Å². The lowest BCUT2D eigenvalue weighted by molar-refractivity contribution is -0.131. The Kier molecular flexibility index (Phi) is 7.37. The van der Waals surface area contributed by atoms with Crippen LogP contribution < -0.4 is 20.7 Å². The topological polar surface area (TPSA) is 122 Å². The lowest BCUT2D eigenvalue weighted by Gasteiger charge is -2.26. The molecule has 2 aliphatic rings. The lowest BCUT2D eigenvalue weighted by Crippen LogP contribution is -2.43. The summed E-state index contributed by atoms with van der Waals surface area (Å²) in [4.78, 5) is 43.7. The zero-order valence-electron chi connectivity index (χ0n) is 20.7. The summed E-state index contributed by atoms with van der Waals surface area (Å²) in [7, 11) is 0. The fourth-order valence-corrected chi connectivity index (χ4v) is 4.00. The standard InChI is InChI=1S/C27H25F2N5O5/c28-17-1-3-18(4-2-17)31-24(35)27(8-9-27)25(36)32-19-5-6-22(21(29)15-19)39-20-7-10-30-23(16-20)33-26(37)34-11-13-38-14-12-34/h1-7,10,15-16H,8-9,11-14H2,(H,31,35)(H,32,36)(H,30,33,37). The highest BCUT2D eigenvalue weighted by Crippen LogP contribution is 2.47. The van der Waals surface area contributed by atoms with E-state index in [4.69, 9.17) is 9.47 Å². The van der Waals surface area contributed by atoms with Crippen molar-refractivity contribution in [1.29, 1.82) is 0 Å². The quantitative estimate of drug-likeness (QED) is 0.385. The number of nitrogens with zero attached hydrogens (tertiary/aromatic N) is 2. The summed E-state index contributed by atoms with van der Waals surface area (Å²) in [5.74, 6) is -1.90. The molecule has 39 heavy (non-hydrogen) atoms. The van der Waals surface area contributed by atoms with E-state index in [2.05, 4.69) is 20.9 Å². The summed E-state index contributed by atoms with van der Waals surface area (Å²) >= 11 is 0. The molecular formula is C27H25F2N5O5. The minimum absolute atomic E-state index is 0.111. The molecule has 4 amide bonds. The van der Waals surface area contributed by atoms with E-state index in [-0.39, 0.29) is 29.0 Å². The number of ether oxygens (including phenoxy) is 2. The van der Waals surface area contributed by atoms with Crippen molar-refractivity contribution >= 4 is 35.0 Å². The molecule has 10 nitrogen and oxygen atoms in total. The van der Waals surface area contributed by atoms with Crippen LogP contribution in [-0.2, 0) is 14.3 Å². The third-order valence-electron chi connectivity index (χ3n) is 6.40. The largest absolute Gasteiger partial charge is 0.454 e. The maximum atomic E-state index is 14.8. The van der Waals surface area contributed by atoms with E-state index in [9.17, 15) is 23.2 Å². The molecule has 12 heteroatoms. The van der Waals surface area contributed by atoms with E-state index in [1.165, 1.54) is 54.7 Å². The van der Waals surface area contributed by atoms with Gasteiger partial charge in [0.1, 0.15) is 22.8 Å². The SMILES string of the molecule is O=C(Nc1cc(Oc2ccc(NC(=O)C3(C(=O)Nc4ccc(F)cc4)CC3)cc2F)ccn1)N1CCOCC1. The van der Waals surface area contributed by atoms with Gasteiger partial charge in [-0.2, -0.15) is 0 Å². The molecular weight excluding hydrogens is 512 g/mol. The molecule has 202 valence electrons. The zero-order valence-corrected chi connectivity index (χ0v) is 20.7. The van der Waals surface area contributed by atoms with Gasteiger partial charge in [0.05, 0.1) is 13.2 Å². The van der Waals surface area contributed by atoms with Gasteiger partial charge < -0.3 is 25.0 Å². The summed E-state index contributed by atoms with van der Waals surface area (Å²) in [5.41, 5.74) is -0.758. The zero-order chi connectivity index (χ0) is 27.4. The van der Waals surface area contributed by atoms with E-state index in [1.54, 1.807) is 4.90 Å². The third-order valence-corrected chi connectivity index (χ3v) is 6.40. The van der Waals surface area contributed by atoms with Crippen molar-refractivity contribution in [3.05, 3.63) is 72.4 Å². The molecule has 0 spiro atoms. The Balaban J connectivity index is 1.19. The van der Waals surface area contributed by atoms with Crippen molar-refractivity contribution in [2.75, 3.05) is 42.3 Å². The third kappa shape index (κ3) is 6.12. The average molecular weight is 538 g/mol. The molecule has 3 aromatic rings. The molecule has 1 aliphatic carbocycles. The first-order chi connectivity index (χ1) is 18.8. The molecule has 0 atom stereocenters. The molecule has 2 aromatic carbocycles. The maximum absolute atomic E-state index is 14.8. The fraction of sp³-hybridized carbons (Fsp3) is 0.259. The molecule has 1 saturated carbocycles. The van der Waals surface area contributed by atoms with Gasteiger partial charge in [-0.25, -0.2) is 18.6 Å². The molecule has 1 aliphatic heterocycles. The number of hydrogen-bond acceptors (Lipinski definition) is 6. The van der Waals surface area contributed by atoms with Gasteiger partial charge in [0.15, 0.2) is 11.6 Å². The Morgan fingerprint density at radius 1 is 0.872 bits per heavy atom. The molecule has 0 radical (unpaired) electrons. The first-order valence-corrected chi connectivity index (χ1v) is 12.3. The molecule has 5 rings (SSSR count). The van der Waals surface area contributed by atoms with Gasteiger partial charge in [0.2, 0.25) is 11.8 Å². The van der Waals surface area contributed by atoms with Crippen LogP contribution in [0.5, 0.6) is 11.5 Å². The highest BCUT2D eigenvalue weighted by atomic mass is 19.1. The van der Waals surface area contributed by atoms with E-state index < -0.39 is 28.9 Å². The van der Waals surface area contributed by atoms with Gasteiger partial charge in [0, 0.05) is 42.8 Å². The van der Waals surface area contributed by atoms with Gasteiger partial charge in [-0.05, 0) is 55.3 Å². The van der Waals surface area contributed by atoms with Crippen LogP contribution >= 0.6 is 0 Å². The minimum atomic E-state index is -1.28. The van der Waals surface area contributed by atoms with Crippen LogP contribution in [0, 0.1) is 17.0 Å². The number of aromatic nitrogens is 1. The van der Waals surface area contributed by atoms with Crippen molar-refractivity contribution in [3.8, 4) is 11.5 Å². The van der Waals surface area contributed by atoms with Gasteiger partial charge in [-0.15, -0.1) is 0 Å². The first kappa shape index (κ1) is 26.0. The van der Waals surface area contributed by atoms with Gasteiger partial charge in [0.25, 0.3) is 0 Å². The molecule has 0 bridgehead atoms. The van der Waals surface area contributed by atoms with Crippen LogP contribution in [0.3, 0.4) is 0 Å². The number of anilines is 3. The second-order valence-electron chi connectivity index (χ2n) is 9.15. The van der Waals surface area contributed by atoms with E-state index in [0.717, 1.165) is 6.07 Å². The van der Waals surface area contributed by atoms with E-state index >= 15 is 0 Å². The second-order valence-corrected chi connectivity index (χ2v) is 9.15. The van der Waals surface area contributed by atoms with Crippen LogP contribution in [-0.4, -0.2) is 54.0 Å². The highest BCUT2D eigenvalue weighted by molar-refractivity contribution is 6.16. The summed E-state index contributed by atoms with van der Waals surface area (Å²) in [6.07, 6.45) is 2.09. The van der Waals surface area contributed by atoms with E-state index in [1.807, 2.05) is 0 Å². The normalized spacial score (nSPS) is 15.7. The smallest absolute Gasteiger partial charge is 0.323 e. The fourth-order valence-electron chi connectivity index (χ4n) is 4.00. The lowest BCUT2D eigenvalue weighted by atomic mass is 10.0. The molecule has 1 aromatic heterocycles. The van der Waals surface area contributed by atoms with Gasteiger partial charge in [-0.3, -0.25) is 14.9 Å². The highest BCUT2D eigenvalue weighted by Gasteiger charge is 2.56. The maximum Gasteiger partial charge on any atom is 0.323 e. The van der Waals surface area contributed by atoms with Crippen LogP contribution in [0.1, 0.15) is 12.8 Å². The minimum Gasteiger partial charge on any atom is -0.454 e. The van der Waals surface area contributed by atoms with Crippen molar-refractivity contribution in [1.82, 2.24) is 9.88 Å². The Hall–Kier alpha value is -4.58. The Morgan fingerprint density at radius 3 is 2.21 bits per heavy atom. The number of nitrogens with one attached hydrogen (secondary N) is 3. The number of benzene rings is 2. The predicted molar refractivity (Wildman–Crippen MR) is 137 cm³/mol. The number of carbonyl (C=O) groups is 3. The Labute approximate surface area is 222 Å². The summed E-state index contributed by atoms with van der Waals surface area (Å²) in [6, 6.07) is 11.7. The van der Waals surface area contributed by atoms with Crippen LogP contribution in [0.4, 0.5) is 30.8 Å². The Bertz CT molecular complexity index is 1390. The number of halogens is 2.